The first-order valence-corrected chi connectivity index (χ1v) is 13.2. The number of nitrogens with one attached hydrogen (secondary N) is 1. The second-order valence-corrected chi connectivity index (χ2v) is 10.3. The van der Waals surface area contributed by atoms with E-state index in [2.05, 4.69) is 5.32 Å². The summed E-state index contributed by atoms with van der Waals surface area (Å²) in [6.45, 7) is -0.577. The number of primary amides is 1. The molecule has 44 heavy (non-hydrogen) atoms. The molecule has 0 radical (unpaired) electrons. The quantitative estimate of drug-likeness (QED) is 0.266. The van der Waals surface area contributed by atoms with Crippen LogP contribution in [0, 0.1) is 11.8 Å². The van der Waals surface area contributed by atoms with E-state index >= 15 is 0 Å². The van der Waals surface area contributed by atoms with Crippen molar-refractivity contribution in [1.82, 2.24) is 5.32 Å². The molecule has 2 amide bonds. The van der Waals surface area contributed by atoms with Crippen molar-refractivity contribution < 1.29 is 58.3 Å². The van der Waals surface area contributed by atoms with E-state index in [1.807, 2.05) is 0 Å². The molecule has 1 aliphatic rings. The minimum Gasteiger partial charge on any atom is -0.369 e. The van der Waals surface area contributed by atoms with Gasteiger partial charge in [-0.3, -0.25) is 14.4 Å². The SMILES string of the molecule is NC(=O)[C@@H](CCC(F)(F)F)[C@@H](CCC(F)(F)F)C(=O)N[C@H]1CN(c2cccc(C(F)F)c2)c2cccc(C(F)F)c2CC1=O. The van der Waals surface area contributed by atoms with Crippen molar-refractivity contribution in [3.63, 3.8) is 0 Å². The molecule has 2 aromatic carbocycles. The summed E-state index contributed by atoms with van der Waals surface area (Å²) in [5.74, 6) is -7.80. The van der Waals surface area contributed by atoms with Gasteiger partial charge in [0.15, 0.2) is 5.78 Å². The van der Waals surface area contributed by atoms with Crippen molar-refractivity contribution in [2.75, 3.05) is 11.4 Å². The Labute approximate surface area is 244 Å². The minimum atomic E-state index is -4.87. The normalized spacial score (nSPS) is 17.3. The second kappa shape index (κ2) is 13.8. The third-order valence-corrected chi connectivity index (χ3v) is 7.23. The lowest BCUT2D eigenvalue weighted by atomic mass is 9.83. The molecule has 242 valence electrons. The predicted octanol–water partition coefficient (Wildman–Crippen LogP) is 6.71. The number of carbonyl (C=O) groups excluding carboxylic acids is 3. The number of benzene rings is 2. The number of Topliss-reactive ketones (excluding diaryl/α,β-unsaturated/α-hetero) is 1. The number of halogens is 10. The lowest BCUT2D eigenvalue weighted by molar-refractivity contribution is -0.152. The molecule has 1 heterocycles. The van der Waals surface area contributed by atoms with Gasteiger partial charge in [-0.2, -0.15) is 26.3 Å². The smallest absolute Gasteiger partial charge is 0.369 e. The summed E-state index contributed by atoms with van der Waals surface area (Å²) < 4.78 is 133. The zero-order valence-corrected chi connectivity index (χ0v) is 22.7. The zero-order chi connectivity index (χ0) is 33.0. The maximum Gasteiger partial charge on any atom is 0.389 e. The average Bonchev–Trinajstić information content (AvgIpc) is 3.04. The van der Waals surface area contributed by atoms with Crippen LogP contribution in [0.25, 0.3) is 0 Å². The van der Waals surface area contributed by atoms with Gasteiger partial charge in [-0.1, -0.05) is 24.3 Å². The Balaban J connectivity index is 2.04. The van der Waals surface area contributed by atoms with Gasteiger partial charge in [0.05, 0.1) is 6.54 Å². The topological polar surface area (TPSA) is 92.5 Å². The van der Waals surface area contributed by atoms with Crippen LogP contribution in [0.1, 0.15) is 55.2 Å². The van der Waals surface area contributed by atoms with E-state index in [4.69, 9.17) is 5.73 Å². The Morgan fingerprint density at radius 1 is 0.886 bits per heavy atom. The van der Waals surface area contributed by atoms with Gasteiger partial charge >= 0.3 is 12.4 Å². The molecule has 0 aliphatic carbocycles. The fourth-order valence-corrected chi connectivity index (χ4v) is 5.09. The first-order valence-electron chi connectivity index (χ1n) is 13.2. The van der Waals surface area contributed by atoms with E-state index in [9.17, 15) is 58.3 Å². The average molecular weight is 644 g/mol. The van der Waals surface area contributed by atoms with Crippen LogP contribution in [0.4, 0.5) is 55.3 Å². The molecule has 6 nitrogen and oxygen atoms in total. The summed E-state index contributed by atoms with van der Waals surface area (Å²) in [6.07, 6.45) is -22.0. The molecule has 0 saturated heterocycles. The highest BCUT2D eigenvalue weighted by Crippen LogP contribution is 2.39. The van der Waals surface area contributed by atoms with Crippen LogP contribution in [0.15, 0.2) is 42.5 Å². The summed E-state index contributed by atoms with van der Waals surface area (Å²) in [5, 5.41) is 2.18. The monoisotopic (exact) mass is 643 g/mol. The Bertz CT molecular complexity index is 1350. The molecule has 3 N–H and O–H groups in total. The Kier molecular flexibility index (Phi) is 10.9. The second-order valence-electron chi connectivity index (χ2n) is 10.3. The summed E-state index contributed by atoms with van der Waals surface area (Å²) in [7, 11) is 0. The molecular formula is C28H27F10N3O3. The maximum absolute atomic E-state index is 13.9. The van der Waals surface area contributed by atoms with Crippen LogP contribution in [0.2, 0.25) is 0 Å². The summed E-state index contributed by atoms with van der Waals surface area (Å²) in [6, 6.07) is 6.60. The molecule has 3 rings (SSSR count). The molecule has 16 heteroatoms. The van der Waals surface area contributed by atoms with Gasteiger partial charge in [0.25, 0.3) is 12.9 Å². The van der Waals surface area contributed by atoms with Gasteiger partial charge in [0, 0.05) is 53.6 Å². The lowest BCUT2D eigenvalue weighted by Gasteiger charge is -2.30. The number of alkyl halides is 10. The number of carbonyl (C=O) groups is 3. The molecule has 0 saturated carbocycles. The number of ketones is 1. The molecule has 3 atom stereocenters. The van der Waals surface area contributed by atoms with E-state index in [1.54, 1.807) is 0 Å². The molecule has 0 unspecified atom stereocenters. The van der Waals surface area contributed by atoms with Crippen LogP contribution in [-0.2, 0) is 20.8 Å². The molecule has 1 aliphatic heterocycles. The third kappa shape index (κ3) is 9.08. The van der Waals surface area contributed by atoms with Gasteiger partial charge in [-0.15, -0.1) is 0 Å². The van der Waals surface area contributed by atoms with Crippen LogP contribution < -0.4 is 16.0 Å². The van der Waals surface area contributed by atoms with E-state index in [0.29, 0.717) is 0 Å². The van der Waals surface area contributed by atoms with Crippen molar-refractivity contribution in [2.24, 2.45) is 17.6 Å². The molecule has 0 aromatic heterocycles. The molecule has 0 bridgehead atoms. The van der Waals surface area contributed by atoms with Crippen molar-refractivity contribution in [1.29, 1.82) is 0 Å². The number of fused-ring (bicyclic) bond motifs is 1. The summed E-state index contributed by atoms with van der Waals surface area (Å²) in [5.41, 5.74) is 3.97. The number of hydrogen-bond acceptors (Lipinski definition) is 4. The highest BCUT2D eigenvalue weighted by Gasteiger charge is 2.41. The number of amides is 2. The molecule has 0 spiro atoms. The Hall–Kier alpha value is -3.85. The molecular weight excluding hydrogens is 616 g/mol. The first-order chi connectivity index (χ1) is 20.4. The predicted molar refractivity (Wildman–Crippen MR) is 137 cm³/mol. The van der Waals surface area contributed by atoms with E-state index < -0.39 is 110 Å². The highest BCUT2D eigenvalue weighted by atomic mass is 19.4. The van der Waals surface area contributed by atoms with E-state index in [1.165, 1.54) is 29.2 Å². The first kappa shape index (κ1) is 34.6. The van der Waals surface area contributed by atoms with E-state index in [-0.39, 0.29) is 16.9 Å². The zero-order valence-electron chi connectivity index (χ0n) is 22.7. The van der Waals surface area contributed by atoms with E-state index in [0.717, 1.165) is 18.2 Å². The maximum atomic E-state index is 13.9. The van der Waals surface area contributed by atoms with Crippen LogP contribution in [0.5, 0.6) is 0 Å². The number of anilines is 2. The van der Waals surface area contributed by atoms with Gasteiger partial charge in [0.2, 0.25) is 11.8 Å². The highest BCUT2D eigenvalue weighted by molar-refractivity contribution is 5.95. The molecule has 2 aromatic rings. The minimum absolute atomic E-state index is 0.00164. The van der Waals surface area contributed by atoms with Crippen LogP contribution >= 0.6 is 0 Å². The number of rotatable bonds is 11. The van der Waals surface area contributed by atoms with Crippen LogP contribution in [0.3, 0.4) is 0 Å². The van der Waals surface area contributed by atoms with Crippen molar-refractivity contribution in [2.45, 2.75) is 63.3 Å². The van der Waals surface area contributed by atoms with Crippen molar-refractivity contribution in [3.8, 4) is 0 Å². The Morgan fingerprint density at radius 2 is 1.48 bits per heavy atom. The fourth-order valence-electron chi connectivity index (χ4n) is 5.09. The summed E-state index contributed by atoms with van der Waals surface area (Å²) >= 11 is 0. The Morgan fingerprint density at radius 3 is 2.02 bits per heavy atom. The van der Waals surface area contributed by atoms with Gasteiger partial charge < -0.3 is 16.0 Å². The van der Waals surface area contributed by atoms with Crippen LogP contribution in [-0.4, -0.2) is 42.5 Å². The van der Waals surface area contributed by atoms with Crippen molar-refractivity contribution in [3.05, 3.63) is 59.2 Å². The summed E-state index contributed by atoms with van der Waals surface area (Å²) in [4.78, 5) is 39.9. The van der Waals surface area contributed by atoms with Gasteiger partial charge in [0.1, 0.15) is 6.04 Å². The fraction of sp³-hybridized carbons (Fsp3) is 0.464. The van der Waals surface area contributed by atoms with Crippen molar-refractivity contribution >= 4 is 29.0 Å². The lowest BCUT2D eigenvalue weighted by Crippen LogP contribution is -2.51. The standard InChI is InChI=1S/C28H27F10N3O3/c29-23(30)14-3-1-4-15(11-14)41-13-20(22(42)12-19-16(24(31)32)5-2-6-21(19)41)40-26(44)18(8-10-28(36,37)38)17(25(39)43)7-9-27(33,34)35/h1-6,11,17-18,20,23-24H,7-10,12-13H2,(H2,39,43)(H,40,44)/t17-,18+,20-/m0/s1. The largest absolute Gasteiger partial charge is 0.389 e. The van der Waals surface area contributed by atoms with Gasteiger partial charge in [-0.25, -0.2) is 17.6 Å². The number of nitrogens with zero attached hydrogens (tertiary/aromatic N) is 1. The number of hydrogen-bond donors (Lipinski definition) is 2. The van der Waals surface area contributed by atoms with Gasteiger partial charge in [-0.05, 0) is 36.6 Å². The molecule has 0 fully saturated rings. The number of nitrogens with two attached hydrogens (primary N) is 1. The third-order valence-electron chi connectivity index (χ3n) is 7.23.